The Bertz CT molecular complexity index is 637. The zero-order chi connectivity index (χ0) is 13.8. The molecule has 0 fully saturated rings. The van der Waals surface area contributed by atoms with E-state index in [-0.39, 0.29) is 11.4 Å². The second kappa shape index (κ2) is 5.65. The summed E-state index contributed by atoms with van der Waals surface area (Å²) >= 11 is 0. The highest BCUT2D eigenvalue weighted by atomic mass is 19.1. The Morgan fingerprint density at radius 2 is 2.16 bits per heavy atom. The van der Waals surface area contributed by atoms with E-state index in [1.165, 1.54) is 18.2 Å². The quantitative estimate of drug-likeness (QED) is 0.889. The Labute approximate surface area is 110 Å². The fourth-order valence-electron chi connectivity index (χ4n) is 1.85. The van der Waals surface area contributed by atoms with Crippen molar-refractivity contribution in [3.05, 3.63) is 51.7 Å². The fraction of sp³-hybridized carbons (Fsp3) is 0.286. The van der Waals surface area contributed by atoms with E-state index in [1.54, 1.807) is 13.0 Å². The highest BCUT2D eigenvalue weighted by molar-refractivity contribution is 5.57. The van der Waals surface area contributed by atoms with Crippen molar-refractivity contribution in [3.8, 4) is 0 Å². The van der Waals surface area contributed by atoms with Crippen LogP contribution in [-0.2, 0) is 6.42 Å². The molecule has 1 aromatic heterocycles. The van der Waals surface area contributed by atoms with Gasteiger partial charge in [0.05, 0.1) is 0 Å². The van der Waals surface area contributed by atoms with Crippen LogP contribution in [0.1, 0.15) is 24.6 Å². The number of hydrogen-bond acceptors (Lipinski definition) is 3. The van der Waals surface area contributed by atoms with Gasteiger partial charge in [0.15, 0.2) is 0 Å². The number of anilines is 2. The van der Waals surface area contributed by atoms with Crippen LogP contribution < -0.4 is 10.9 Å². The minimum absolute atomic E-state index is 0.194. The van der Waals surface area contributed by atoms with E-state index in [0.29, 0.717) is 5.95 Å². The number of halogens is 1. The number of rotatable bonds is 4. The topological polar surface area (TPSA) is 57.8 Å². The minimum atomic E-state index is -0.288. The van der Waals surface area contributed by atoms with E-state index in [9.17, 15) is 9.18 Å². The Kier molecular flexibility index (Phi) is 3.94. The van der Waals surface area contributed by atoms with Crippen molar-refractivity contribution in [2.45, 2.75) is 26.7 Å². The molecule has 0 unspecified atom stereocenters. The average Bonchev–Trinajstić information content (AvgIpc) is 2.32. The lowest BCUT2D eigenvalue weighted by atomic mass is 10.2. The van der Waals surface area contributed by atoms with Crippen LogP contribution in [0.15, 0.2) is 29.1 Å². The molecular weight excluding hydrogens is 245 g/mol. The molecule has 1 heterocycles. The molecule has 100 valence electrons. The van der Waals surface area contributed by atoms with Gasteiger partial charge in [-0.3, -0.25) is 9.78 Å². The van der Waals surface area contributed by atoms with Gasteiger partial charge in [0.2, 0.25) is 5.95 Å². The Balaban J connectivity index is 2.30. The molecule has 0 aliphatic rings. The molecule has 0 radical (unpaired) electrons. The Hall–Kier alpha value is -2.17. The Morgan fingerprint density at radius 1 is 1.37 bits per heavy atom. The molecule has 19 heavy (non-hydrogen) atoms. The highest BCUT2D eigenvalue weighted by Crippen LogP contribution is 2.18. The van der Waals surface area contributed by atoms with Crippen LogP contribution in [0.2, 0.25) is 0 Å². The first-order valence-electron chi connectivity index (χ1n) is 6.22. The second-order valence-electron chi connectivity index (χ2n) is 4.42. The molecule has 0 amide bonds. The first-order chi connectivity index (χ1) is 9.08. The molecule has 0 bridgehead atoms. The maximum atomic E-state index is 13.0. The molecule has 0 atom stereocenters. The fourth-order valence-corrected chi connectivity index (χ4v) is 1.85. The number of nitrogens with one attached hydrogen (secondary N) is 2. The summed E-state index contributed by atoms with van der Waals surface area (Å²) in [6, 6.07) is 5.91. The number of aromatic nitrogens is 2. The van der Waals surface area contributed by atoms with Gasteiger partial charge in [-0.1, -0.05) is 13.3 Å². The number of hydrogen-bond donors (Lipinski definition) is 2. The van der Waals surface area contributed by atoms with Gasteiger partial charge in [-0.2, -0.15) is 0 Å². The molecule has 0 aliphatic heterocycles. The van der Waals surface area contributed by atoms with E-state index >= 15 is 0 Å². The molecule has 0 aliphatic carbocycles. The summed E-state index contributed by atoms with van der Waals surface area (Å²) in [6.45, 7) is 3.82. The van der Waals surface area contributed by atoms with Gasteiger partial charge in [-0.25, -0.2) is 9.37 Å². The van der Waals surface area contributed by atoms with Gasteiger partial charge < -0.3 is 5.32 Å². The predicted octanol–water partition coefficient (Wildman–Crippen LogP) is 2.91. The first kappa shape index (κ1) is 13.3. The maximum absolute atomic E-state index is 13.0. The SMILES string of the molecule is CCCc1cc(=O)[nH]c(Nc2ccc(F)cc2C)n1. The van der Waals surface area contributed by atoms with Gasteiger partial charge in [0.1, 0.15) is 5.82 Å². The van der Waals surface area contributed by atoms with Gasteiger partial charge in [0, 0.05) is 17.4 Å². The average molecular weight is 261 g/mol. The van der Waals surface area contributed by atoms with Crippen LogP contribution in [-0.4, -0.2) is 9.97 Å². The second-order valence-corrected chi connectivity index (χ2v) is 4.42. The molecule has 0 saturated heterocycles. The first-order valence-corrected chi connectivity index (χ1v) is 6.22. The lowest BCUT2D eigenvalue weighted by Crippen LogP contribution is -2.12. The van der Waals surface area contributed by atoms with Gasteiger partial charge >= 0.3 is 0 Å². The number of H-pyrrole nitrogens is 1. The van der Waals surface area contributed by atoms with Crippen molar-refractivity contribution in [1.29, 1.82) is 0 Å². The van der Waals surface area contributed by atoms with Crippen molar-refractivity contribution in [3.63, 3.8) is 0 Å². The third-order valence-corrected chi connectivity index (χ3v) is 2.74. The standard InChI is InChI=1S/C14H16FN3O/c1-3-4-11-8-13(19)18-14(16-11)17-12-6-5-10(15)7-9(12)2/h5-8H,3-4H2,1-2H3,(H2,16,17,18,19). The van der Waals surface area contributed by atoms with Gasteiger partial charge in [0.25, 0.3) is 5.56 Å². The summed E-state index contributed by atoms with van der Waals surface area (Å²) in [7, 11) is 0. The van der Waals surface area contributed by atoms with E-state index in [2.05, 4.69) is 15.3 Å². The molecule has 0 spiro atoms. The third-order valence-electron chi connectivity index (χ3n) is 2.74. The summed E-state index contributed by atoms with van der Waals surface area (Å²) in [5.74, 6) is 0.0925. The van der Waals surface area contributed by atoms with Crippen LogP contribution in [0.3, 0.4) is 0 Å². The normalized spacial score (nSPS) is 10.5. The van der Waals surface area contributed by atoms with E-state index in [1.807, 2.05) is 6.92 Å². The van der Waals surface area contributed by atoms with Crippen molar-refractivity contribution in [2.75, 3.05) is 5.32 Å². The molecule has 1 aromatic carbocycles. The lowest BCUT2D eigenvalue weighted by molar-refractivity contribution is 0.627. The van der Waals surface area contributed by atoms with Crippen LogP contribution >= 0.6 is 0 Å². The van der Waals surface area contributed by atoms with Crippen LogP contribution in [0, 0.1) is 12.7 Å². The molecule has 5 heteroatoms. The summed E-state index contributed by atoms with van der Waals surface area (Å²) in [5, 5.41) is 3.01. The Morgan fingerprint density at radius 3 is 2.84 bits per heavy atom. The molecule has 4 nitrogen and oxygen atoms in total. The molecular formula is C14H16FN3O. The minimum Gasteiger partial charge on any atom is -0.325 e. The summed E-state index contributed by atoms with van der Waals surface area (Å²) < 4.78 is 13.0. The lowest BCUT2D eigenvalue weighted by Gasteiger charge is -2.09. The monoisotopic (exact) mass is 261 g/mol. The molecule has 2 aromatic rings. The summed E-state index contributed by atoms with van der Waals surface area (Å²) in [5.41, 5.74) is 2.02. The van der Waals surface area contributed by atoms with Crippen LogP contribution in [0.5, 0.6) is 0 Å². The summed E-state index contributed by atoms with van der Waals surface area (Å²) in [4.78, 5) is 18.5. The summed E-state index contributed by atoms with van der Waals surface area (Å²) in [6.07, 6.45) is 1.67. The number of nitrogens with zero attached hydrogens (tertiary/aromatic N) is 1. The predicted molar refractivity (Wildman–Crippen MR) is 73.3 cm³/mol. The number of benzene rings is 1. The third kappa shape index (κ3) is 3.40. The van der Waals surface area contributed by atoms with E-state index in [4.69, 9.17) is 0 Å². The largest absolute Gasteiger partial charge is 0.325 e. The number of aryl methyl sites for hydroxylation is 2. The highest BCUT2D eigenvalue weighted by Gasteiger charge is 2.04. The maximum Gasteiger partial charge on any atom is 0.252 e. The van der Waals surface area contributed by atoms with Crippen molar-refractivity contribution >= 4 is 11.6 Å². The molecule has 0 saturated carbocycles. The van der Waals surface area contributed by atoms with Crippen LogP contribution in [0.4, 0.5) is 16.0 Å². The van der Waals surface area contributed by atoms with E-state index in [0.717, 1.165) is 29.8 Å². The molecule has 2 N–H and O–H groups in total. The van der Waals surface area contributed by atoms with Crippen LogP contribution in [0.25, 0.3) is 0 Å². The number of aromatic amines is 1. The zero-order valence-corrected chi connectivity index (χ0v) is 11.0. The van der Waals surface area contributed by atoms with Crippen molar-refractivity contribution in [2.24, 2.45) is 0 Å². The zero-order valence-electron chi connectivity index (χ0n) is 11.0. The van der Waals surface area contributed by atoms with Crippen molar-refractivity contribution < 1.29 is 4.39 Å². The van der Waals surface area contributed by atoms with E-state index < -0.39 is 0 Å². The smallest absolute Gasteiger partial charge is 0.252 e. The van der Waals surface area contributed by atoms with Gasteiger partial charge in [-0.05, 0) is 37.1 Å². The van der Waals surface area contributed by atoms with Gasteiger partial charge in [-0.15, -0.1) is 0 Å². The molecule has 2 rings (SSSR count). The van der Waals surface area contributed by atoms with Crippen molar-refractivity contribution in [1.82, 2.24) is 9.97 Å².